The van der Waals surface area contributed by atoms with Gasteiger partial charge in [0.2, 0.25) is 11.8 Å². The second-order valence-electron chi connectivity index (χ2n) is 8.19. The Kier molecular flexibility index (Phi) is 6.98. The van der Waals surface area contributed by atoms with Crippen LogP contribution < -0.4 is 10.2 Å². The van der Waals surface area contributed by atoms with E-state index in [0.29, 0.717) is 13.1 Å². The largest absolute Gasteiger partial charge is 0.368 e. The Morgan fingerprint density at radius 2 is 1.60 bits per heavy atom. The lowest BCUT2D eigenvalue weighted by Gasteiger charge is -2.36. The standard InChI is InChI=1S/C23H27ClFN3O2/c1-23(2,16-24)22(30)26-19-7-9-20(10-8-19)27-11-13-28(14-12-27)21(29)15-17-3-5-18(25)6-4-17/h3-10H,11-16H2,1-2H3,(H,26,30). The van der Waals surface area contributed by atoms with Crippen LogP contribution in [0.2, 0.25) is 0 Å². The van der Waals surface area contributed by atoms with Crippen LogP contribution in [0.5, 0.6) is 0 Å². The number of nitrogens with zero attached hydrogens (tertiary/aromatic N) is 2. The number of amides is 2. The summed E-state index contributed by atoms with van der Waals surface area (Å²) < 4.78 is 13.0. The van der Waals surface area contributed by atoms with Crippen LogP contribution in [-0.2, 0) is 16.0 Å². The zero-order chi connectivity index (χ0) is 21.7. The van der Waals surface area contributed by atoms with E-state index in [1.165, 1.54) is 12.1 Å². The molecule has 5 nitrogen and oxygen atoms in total. The Morgan fingerprint density at radius 3 is 2.17 bits per heavy atom. The van der Waals surface area contributed by atoms with Crippen molar-refractivity contribution in [3.05, 3.63) is 59.9 Å². The van der Waals surface area contributed by atoms with Gasteiger partial charge in [-0.15, -0.1) is 11.6 Å². The van der Waals surface area contributed by atoms with Crippen LogP contribution in [0.3, 0.4) is 0 Å². The molecule has 1 heterocycles. The summed E-state index contributed by atoms with van der Waals surface area (Å²) in [5.74, 6) is -0.103. The smallest absolute Gasteiger partial charge is 0.231 e. The number of carbonyl (C=O) groups is 2. The zero-order valence-corrected chi connectivity index (χ0v) is 18.1. The molecule has 0 radical (unpaired) electrons. The molecule has 0 aromatic heterocycles. The molecule has 0 atom stereocenters. The Balaban J connectivity index is 1.51. The lowest BCUT2D eigenvalue weighted by molar-refractivity contribution is -0.130. The fraction of sp³-hybridized carbons (Fsp3) is 0.391. The van der Waals surface area contributed by atoms with Crippen molar-refractivity contribution in [2.45, 2.75) is 20.3 Å². The predicted molar refractivity (Wildman–Crippen MR) is 118 cm³/mol. The molecular formula is C23H27ClFN3O2. The molecule has 1 N–H and O–H groups in total. The van der Waals surface area contributed by atoms with Gasteiger partial charge in [-0.3, -0.25) is 9.59 Å². The summed E-state index contributed by atoms with van der Waals surface area (Å²) >= 11 is 5.86. The van der Waals surface area contributed by atoms with Crippen LogP contribution in [0, 0.1) is 11.2 Å². The van der Waals surface area contributed by atoms with Crippen LogP contribution in [-0.4, -0.2) is 48.8 Å². The van der Waals surface area contributed by atoms with Crippen LogP contribution in [0.4, 0.5) is 15.8 Å². The van der Waals surface area contributed by atoms with Crippen molar-refractivity contribution in [2.75, 3.05) is 42.3 Å². The van der Waals surface area contributed by atoms with Gasteiger partial charge in [-0.25, -0.2) is 4.39 Å². The van der Waals surface area contributed by atoms with Crippen molar-refractivity contribution in [3.63, 3.8) is 0 Å². The third-order valence-corrected chi connectivity index (χ3v) is 6.01. The molecule has 7 heteroatoms. The molecule has 0 spiro atoms. The van der Waals surface area contributed by atoms with E-state index >= 15 is 0 Å². The van der Waals surface area contributed by atoms with Crippen molar-refractivity contribution in [1.29, 1.82) is 0 Å². The second kappa shape index (κ2) is 9.47. The summed E-state index contributed by atoms with van der Waals surface area (Å²) in [7, 11) is 0. The summed E-state index contributed by atoms with van der Waals surface area (Å²) in [6.07, 6.45) is 0.285. The van der Waals surface area contributed by atoms with Gasteiger partial charge < -0.3 is 15.1 Å². The zero-order valence-electron chi connectivity index (χ0n) is 17.3. The summed E-state index contributed by atoms with van der Waals surface area (Å²) in [6.45, 7) is 6.37. The lowest BCUT2D eigenvalue weighted by atomic mass is 9.95. The van der Waals surface area contributed by atoms with Crippen LogP contribution in [0.25, 0.3) is 0 Å². The third kappa shape index (κ3) is 5.51. The molecule has 1 saturated heterocycles. The quantitative estimate of drug-likeness (QED) is 0.705. The Morgan fingerprint density at radius 1 is 1.00 bits per heavy atom. The average molecular weight is 432 g/mol. The first-order chi connectivity index (χ1) is 14.3. The maximum atomic E-state index is 13.0. The van der Waals surface area contributed by atoms with Gasteiger partial charge in [-0.2, -0.15) is 0 Å². The molecule has 0 saturated carbocycles. The molecule has 30 heavy (non-hydrogen) atoms. The number of rotatable bonds is 6. The summed E-state index contributed by atoms with van der Waals surface area (Å²) in [5.41, 5.74) is 1.97. The van der Waals surface area contributed by atoms with Crippen molar-refractivity contribution >= 4 is 34.8 Å². The van der Waals surface area contributed by atoms with Gasteiger partial charge in [-0.1, -0.05) is 12.1 Å². The van der Waals surface area contributed by atoms with Gasteiger partial charge in [0.05, 0.1) is 11.8 Å². The van der Waals surface area contributed by atoms with Crippen molar-refractivity contribution < 1.29 is 14.0 Å². The topological polar surface area (TPSA) is 52.7 Å². The Bertz CT molecular complexity index is 876. The van der Waals surface area contributed by atoms with Gasteiger partial charge in [0, 0.05) is 43.4 Å². The Hall–Kier alpha value is -2.60. The normalized spacial score (nSPS) is 14.5. The number of hydrogen-bond acceptors (Lipinski definition) is 3. The summed E-state index contributed by atoms with van der Waals surface area (Å²) in [4.78, 5) is 28.8. The van der Waals surface area contributed by atoms with E-state index in [4.69, 9.17) is 11.6 Å². The van der Waals surface area contributed by atoms with Crippen molar-refractivity contribution in [2.24, 2.45) is 5.41 Å². The highest BCUT2D eigenvalue weighted by Gasteiger charge is 2.26. The summed E-state index contributed by atoms with van der Waals surface area (Å²) in [6, 6.07) is 13.8. The molecule has 160 valence electrons. The maximum absolute atomic E-state index is 13.0. The number of halogens is 2. The third-order valence-electron chi connectivity index (χ3n) is 5.34. The number of carbonyl (C=O) groups excluding carboxylic acids is 2. The summed E-state index contributed by atoms with van der Waals surface area (Å²) in [5, 5.41) is 2.89. The minimum Gasteiger partial charge on any atom is -0.368 e. The van der Waals surface area contributed by atoms with Crippen molar-refractivity contribution in [3.8, 4) is 0 Å². The molecule has 2 amide bonds. The molecule has 0 unspecified atom stereocenters. The number of benzene rings is 2. The highest BCUT2D eigenvalue weighted by molar-refractivity contribution is 6.20. The van der Waals surface area contributed by atoms with E-state index in [1.54, 1.807) is 26.0 Å². The molecule has 2 aromatic rings. The highest BCUT2D eigenvalue weighted by atomic mass is 35.5. The molecule has 3 rings (SSSR count). The first-order valence-electron chi connectivity index (χ1n) is 10.0. The molecule has 1 aliphatic heterocycles. The number of alkyl halides is 1. The van der Waals surface area contributed by atoms with E-state index in [-0.39, 0.29) is 29.9 Å². The van der Waals surface area contributed by atoms with Gasteiger partial charge in [0.25, 0.3) is 0 Å². The molecule has 1 fully saturated rings. The lowest BCUT2D eigenvalue weighted by Crippen LogP contribution is -2.49. The average Bonchev–Trinajstić information content (AvgIpc) is 2.76. The van der Waals surface area contributed by atoms with E-state index in [9.17, 15) is 14.0 Å². The van der Waals surface area contributed by atoms with E-state index in [1.807, 2.05) is 29.2 Å². The first-order valence-corrected chi connectivity index (χ1v) is 10.6. The maximum Gasteiger partial charge on any atom is 0.231 e. The fourth-order valence-electron chi connectivity index (χ4n) is 3.22. The van der Waals surface area contributed by atoms with Gasteiger partial charge in [0.1, 0.15) is 5.82 Å². The minimum atomic E-state index is -0.628. The van der Waals surface area contributed by atoms with E-state index < -0.39 is 5.41 Å². The number of piperazine rings is 1. The molecule has 1 aliphatic rings. The minimum absolute atomic E-state index is 0.0567. The Labute approximate surface area is 181 Å². The van der Waals surface area contributed by atoms with Crippen molar-refractivity contribution in [1.82, 2.24) is 4.90 Å². The van der Waals surface area contributed by atoms with Gasteiger partial charge in [-0.05, 0) is 55.8 Å². The van der Waals surface area contributed by atoms with E-state index in [0.717, 1.165) is 30.0 Å². The predicted octanol–water partition coefficient (Wildman–Crippen LogP) is 3.92. The van der Waals surface area contributed by atoms with E-state index in [2.05, 4.69) is 10.2 Å². The number of hydrogen-bond donors (Lipinski definition) is 1. The number of anilines is 2. The van der Waals surface area contributed by atoms with Crippen LogP contribution in [0.1, 0.15) is 19.4 Å². The first kappa shape index (κ1) is 22.1. The van der Waals surface area contributed by atoms with Gasteiger partial charge in [0.15, 0.2) is 0 Å². The van der Waals surface area contributed by atoms with Gasteiger partial charge >= 0.3 is 0 Å². The highest BCUT2D eigenvalue weighted by Crippen LogP contribution is 2.23. The molecular weight excluding hydrogens is 405 g/mol. The SMILES string of the molecule is CC(C)(CCl)C(=O)Nc1ccc(N2CCN(C(=O)Cc3ccc(F)cc3)CC2)cc1. The molecule has 0 bridgehead atoms. The van der Waals surface area contributed by atoms with Crippen LogP contribution >= 0.6 is 11.6 Å². The molecule has 2 aromatic carbocycles. The molecule has 0 aliphatic carbocycles. The monoisotopic (exact) mass is 431 g/mol. The second-order valence-corrected chi connectivity index (χ2v) is 8.46. The van der Waals surface area contributed by atoms with Crippen LogP contribution in [0.15, 0.2) is 48.5 Å². The number of nitrogens with one attached hydrogen (secondary N) is 1. The fourth-order valence-corrected chi connectivity index (χ4v) is 3.34.